The zero-order valence-corrected chi connectivity index (χ0v) is 18.0. The van der Waals surface area contributed by atoms with Gasteiger partial charge in [0, 0.05) is 10.4 Å². The van der Waals surface area contributed by atoms with Crippen LogP contribution in [-0.4, -0.2) is 27.3 Å². The lowest BCUT2D eigenvalue weighted by Gasteiger charge is -2.21. The Bertz CT molecular complexity index is 962. The van der Waals surface area contributed by atoms with Crippen LogP contribution in [0.4, 0.5) is 0 Å². The van der Waals surface area contributed by atoms with Crippen molar-refractivity contribution in [1.29, 1.82) is 0 Å². The first-order valence-electron chi connectivity index (χ1n) is 9.07. The molecule has 4 nitrogen and oxygen atoms in total. The van der Waals surface area contributed by atoms with E-state index in [1.807, 2.05) is 20.8 Å². The van der Waals surface area contributed by atoms with Crippen molar-refractivity contribution in [3.63, 3.8) is 0 Å². The van der Waals surface area contributed by atoms with E-state index >= 15 is 0 Å². The molecule has 0 saturated heterocycles. The molecule has 0 spiro atoms. The monoisotopic (exact) mass is 400 g/mol. The average Bonchev–Trinajstić information content (AvgIpc) is 2.98. The quantitative estimate of drug-likeness (QED) is 0.303. The van der Waals surface area contributed by atoms with E-state index in [0.29, 0.717) is 6.61 Å². The summed E-state index contributed by atoms with van der Waals surface area (Å²) in [4.78, 5) is 23.5. The van der Waals surface area contributed by atoms with Gasteiger partial charge >= 0.3 is 5.97 Å². The molecule has 2 heterocycles. The van der Waals surface area contributed by atoms with Crippen LogP contribution in [0, 0.1) is 6.92 Å². The summed E-state index contributed by atoms with van der Waals surface area (Å²) in [6, 6.07) is 8.64. The summed E-state index contributed by atoms with van der Waals surface area (Å²) in [6.07, 6.45) is 2.59. The minimum absolute atomic E-state index is 0.234. The van der Waals surface area contributed by atoms with Crippen molar-refractivity contribution >= 4 is 39.3 Å². The summed E-state index contributed by atoms with van der Waals surface area (Å²) in [5.41, 5.74) is 3.62. The molecule has 0 unspecified atom stereocenters. The van der Waals surface area contributed by atoms with Crippen LogP contribution < -0.4 is 0 Å². The highest BCUT2D eigenvalue weighted by atomic mass is 32.2. The average molecular weight is 401 g/mol. The van der Waals surface area contributed by atoms with Crippen molar-refractivity contribution in [2.75, 3.05) is 6.61 Å². The van der Waals surface area contributed by atoms with E-state index in [1.165, 1.54) is 22.2 Å². The third-order valence-corrected chi connectivity index (χ3v) is 6.59. The number of benzene rings is 1. The van der Waals surface area contributed by atoms with E-state index in [2.05, 4.69) is 48.1 Å². The van der Waals surface area contributed by atoms with Crippen LogP contribution >= 0.6 is 23.1 Å². The van der Waals surface area contributed by atoms with Crippen LogP contribution in [0.25, 0.3) is 21.3 Å². The maximum absolute atomic E-state index is 12.4. The number of ether oxygens (including phenoxy) is 1. The molecule has 3 rings (SSSR count). The lowest BCUT2D eigenvalue weighted by molar-refractivity contribution is -0.145. The van der Waals surface area contributed by atoms with Gasteiger partial charge in [0.1, 0.15) is 20.9 Å². The van der Waals surface area contributed by atoms with Gasteiger partial charge in [-0.1, -0.05) is 43.0 Å². The van der Waals surface area contributed by atoms with Crippen LogP contribution in [0.1, 0.15) is 38.1 Å². The standard InChI is InChI=1S/C21H24N2O2S2/c1-6-14-8-10-15(11-9-14)16-13(3)26-18-17(16)19(23-12-22-18)27-21(4,5)20(24)25-7-2/h8-12H,6-7H2,1-5H3. The number of aromatic nitrogens is 2. The molecule has 0 radical (unpaired) electrons. The van der Waals surface area contributed by atoms with Crippen LogP contribution in [-0.2, 0) is 16.0 Å². The number of hydrogen-bond acceptors (Lipinski definition) is 6. The first kappa shape index (κ1) is 19.8. The minimum atomic E-state index is -0.726. The highest BCUT2D eigenvalue weighted by Crippen LogP contribution is 2.44. The number of aryl methyl sites for hydroxylation is 2. The van der Waals surface area contributed by atoms with Crippen LogP contribution in [0.3, 0.4) is 0 Å². The SMILES string of the molecule is CCOC(=O)C(C)(C)Sc1ncnc2sc(C)c(-c3ccc(CC)cc3)c12. The molecule has 142 valence electrons. The van der Waals surface area contributed by atoms with Gasteiger partial charge in [-0.25, -0.2) is 9.97 Å². The predicted molar refractivity (Wildman–Crippen MR) is 114 cm³/mol. The Morgan fingerprint density at radius 2 is 1.89 bits per heavy atom. The molecular weight excluding hydrogens is 376 g/mol. The molecule has 0 aliphatic carbocycles. The molecule has 0 saturated carbocycles. The van der Waals surface area contributed by atoms with Crippen LogP contribution in [0.5, 0.6) is 0 Å². The molecule has 27 heavy (non-hydrogen) atoms. The van der Waals surface area contributed by atoms with Gasteiger partial charge in [0.05, 0.1) is 12.0 Å². The Hall–Kier alpha value is -1.92. The van der Waals surface area contributed by atoms with Crippen LogP contribution in [0.2, 0.25) is 0 Å². The molecule has 0 N–H and O–H groups in total. The predicted octanol–water partition coefficient (Wildman–Crippen LogP) is 5.66. The minimum Gasteiger partial charge on any atom is -0.465 e. The van der Waals surface area contributed by atoms with Gasteiger partial charge in [-0.15, -0.1) is 11.3 Å². The normalized spacial score (nSPS) is 11.7. The van der Waals surface area contributed by atoms with Crippen molar-refractivity contribution in [3.8, 4) is 11.1 Å². The Kier molecular flexibility index (Phi) is 5.86. The third kappa shape index (κ3) is 4.01. The van der Waals surface area contributed by atoms with Gasteiger partial charge in [-0.05, 0) is 45.2 Å². The summed E-state index contributed by atoms with van der Waals surface area (Å²) in [7, 11) is 0. The summed E-state index contributed by atoms with van der Waals surface area (Å²) < 4.78 is 4.51. The number of carbonyl (C=O) groups excluding carboxylic acids is 1. The topological polar surface area (TPSA) is 52.1 Å². The fourth-order valence-corrected chi connectivity index (χ4v) is 5.04. The number of thioether (sulfide) groups is 1. The number of fused-ring (bicyclic) bond motifs is 1. The lowest BCUT2D eigenvalue weighted by Crippen LogP contribution is -2.30. The maximum atomic E-state index is 12.4. The second-order valence-corrected chi connectivity index (χ2v) is 9.59. The molecule has 1 aromatic carbocycles. The number of nitrogens with zero attached hydrogens (tertiary/aromatic N) is 2. The number of hydrogen-bond donors (Lipinski definition) is 0. The van der Waals surface area contributed by atoms with E-state index in [-0.39, 0.29) is 5.97 Å². The van der Waals surface area contributed by atoms with Crippen molar-refractivity contribution in [2.45, 2.75) is 50.8 Å². The Morgan fingerprint density at radius 3 is 2.52 bits per heavy atom. The first-order valence-corrected chi connectivity index (χ1v) is 10.7. The number of rotatable bonds is 6. The molecule has 0 aliphatic rings. The molecule has 0 atom stereocenters. The summed E-state index contributed by atoms with van der Waals surface area (Å²) >= 11 is 3.10. The molecule has 6 heteroatoms. The van der Waals surface area contributed by atoms with Gasteiger partial charge in [0.2, 0.25) is 0 Å². The fraction of sp³-hybridized carbons (Fsp3) is 0.381. The largest absolute Gasteiger partial charge is 0.465 e. The number of esters is 1. The summed E-state index contributed by atoms with van der Waals surface area (Å²) in [5.74, 6) is -0.234. The summed E-state index contributed by atoms with van der Waals surface area (Å²) in [5, 5.41) is 1.84. The van der Waals surface area contributed by atoms with Crippen molar-refractivity contribution < 1.29 is 9.53 Å². The van der Waals surface area contributed by atoms with E-state index in [1.54, 1.807) is 17.7 Å². The number of carbonyl (C=O) groups is 1. The lowest BCUT2D eigenvalue weighted by atomic mass is 10.0. The zero-order chi connectivity index (χ0) is 19.6. The highest BCUT2D eigenvalue weighted by Gasteiger charge is 2.32. The molecular formula is C21H24N2O2S2. The van der Waals surface area contributed by atoms with E-state index < -0.39 is 4.75 Å². The van der Waals surface area contributed by atoms with Crippen molar-refractivity contribution in [3.05, 3.63) is 41.0 Å². The van der Waals surface area contributed by atoms with Gasteiger partial charge < -0.3 is 4.74 Å². The molecule has 0 fully saturated rings. The highest BCUT2D eigenvalue weighted by molar-refractivity contribution is 8.01. The summed E-state index contributed by atoms with van der Waals surface area (Å²) in [6.45, 7) is 10.2. The molecule has 3 aromatic rings. The number of thiophene rings is 1. The van der Waals surface area contributed by atoms with Crippen molar-refractivity contribution in [1.82, 2.24) is 9.97 Å². The Balaban J connectivity index is 2.10. The van der Waals surface area contributed by atoms with E-state index in [4.69, 9.17) is 4.74 Å². The molecule has 0 amide bonds. The fourth-order valence-electron chi connectivity index (χ4n) is 2.94. The molecule has 0 bridgehead atoms. The Labute approximate surface area is 168 Å². The zero-order valence-electron chi connectivity index (χ0n) is 16.3. The van der Waals surface area contributed by atoms with Gasteiger partial charge in [-0.2, -0.15) is 0 Å². The second-order valence-electron chi connectivity index (χ2n) is 6.78. The van der Waals surface area contributed by atoms with E-state index in [9.17, 15) is 4.79 Å². The van der Waals surface area contributed by atoms with E-state index in [0.717, 1.165) is 32.8 Å². The smallest absolute Gasteiger partial charge is 0.322 e. The third-order valence-electron chi connectivity index (χ3n) is 4.40. The van der Waals surface area contributed by atoms with Gasteiger partial charge in [0.15, 0.2) is 0 Å². The molecule has 2 aromatic heterocycles. The van der Waals surface area contributed by atoms with Gasteiger partial charge in [0.25, 0.3) is 0 Å². The van der Waals surface area contributed by atoms with Gasteiger partial charge in [-0.3, -0.25) is 4.79 Å². The maximum Gasteiger partial charge on any atom is 0.322 e. The van der Waals surface area contributed by atoms with Crippen LogP contribution in [0.15, 0.2) is 35.6 Å². The second kappa shape index (κ2) is 7.98. The van der Waals surface area contributed by atoms with Crippen molar-refractivity contribution in [2.24, 2.45) is 0 Å². The Morgan fingerprint density at radius 1 is 1.19 bits per heavy atom. The molecule has 0 aliphatic heterocycles. The first-order chi connectivity index (χ1) is 12.9.